The molecule has 1 aliphatic rings. The summed E-state index contributed by atoms with van der Waals surface area (Å²) in [4.78, 5) is 14.4. The van der Waals surface area contributed by atoms with Crippen LogP contribution in [0.15, 0.2) is 77.3 Å². The molecule has 0 fully saturated rings. The molecule has 0 spiro atoms. The van der Waals surface area contributed by atoms with Gasteiger partial charge in [0.2, 0.25) is 0 Å². The number of halogens is 1. The third-order valence-electron chi connectivity index (χ3n) is 5.15. The average Bonchev–Trinajstić information content (AvgIpc) is 2.74. The Hall–Kier alpha value is -2.83. The second kappa shape index (κ2) is 8.27. The number of benzene rings is 3. The van der Waals surface area contributed by atoms with Gasteiger partial charge in [-0.3, -0.25) is 9.69 Å². The lowest BCUT2D eigenvalue weighted by molar-refractivity contribution is -0.143. The quantitative estimate of drug-likeness (QED) is 0.554. The van der Waals surface area contributed by atoms with E-state index in [0.717, 1.165) is 21.3 Å². The van der Waals surface area contributed by atoms with Gasteiger partial charge in [0, 0.05) is 15.7 Å². The SMILES string of the molecule is COC(=O)CN1[C@@H](c2ccccc2)c2cc(Br)ccc2N[C@@H]1c1ccccc1O. The predicted octanol–water partition coefficient (Wildman–Crippen LogP) is 4.84. The van der Waals surface area contributed by atoms with Crippen LogP contribution in [0.4, 0.5) is 5.69 Å². The summed E-state index contributed by atoms with van der Waals surface area (Å²) >= 11 is 3.57. The van der Waals surface area contributed by atoms with Crippen LogP contribution in [-0.2, 0) is 9.53 Å². The topological polar surface area (TPSA) is 61.8 Å². The summed E-state index contributed by atoms with van der Waals surface area (Å²) in [5, 5.41) is 14.0. The fourth-order valence-electron chi connectivity index (χ4n) is 3.83. The first-order valence-corrected chi connectivity index (χ1v) is 10.1. The molecular formula is C23H21BrN2O3. The van der Waals surface area contributed by atoms with E-state index in [4.69, 9.17) is 4.74 Å². The molecule has 29 heavy (non-hydrogen) atoms. The molecule has 3 aromatic rings. The van der Waals surface area contributed by atoms with Crippen LogP contribution >= 0.6 is 15.9 Å². The normalized spacial score (nSPS) is 18.6. The Morgan fingerprint density at radius 1 is 1.07 bits per heavy atom. The van der Waals surface area contributed by atoms with E-state index in [1.165, 1.54) is 7.11 Å². The first-order chi connectivity index (χ1) is 14.1. The zero-order valence-corrected chi connectivity index (χ0v) is 17.5. The molecule has 4 rings (SSSR count). The Labute approximate surface area is 178 Å². The molecule has 3 aromatic carbocycles. The lowest BCUT2D eigenvalue weighted by atomic mass is 9.91. The summed E-state index contributed by atoms with van der Waals surface area (Å²) in [6.45, 7) is 0.0635. The van der Waals surface area contributed by atoms with Crippen LogP contribution in [0.5, 0.6) is 5.75 Å². The maximum Gasteiger partial charge on any atom is 0.319 e. The zero-order valence-electron chi connectivity index (χ0n) is 15.9. The predicted molar refractivity (Wildman–Crippen MR) is 116 cm³/mol. The molecule has 0 bridgehead atoms. The summed E-state index contributed by atoms with van der Waals surface area (Å²) < 4.78 is 5.94. The third-order valence-corrected chi connectivity index (χ3v) is 5.64. The number of rotatable bonds is 4. The van der Waals surface area contributed by atoms with E-state index < -0.39 is 6.17 Å². The van der Waals surface area contributed by atoms with Crippen LogP contribution in [-0.4, -0.2) is 29.6 Å². The molecule has 148 valence electrons. The lowest BCUT2D eigenvalue weighted by Crippen LogP contribution is -2.44. The van der Waals surface area contributed by atoms with Crippen LogP contribution in [0.3, 0.4) is 0 Å². The molecule has 1 aliphatic heterocycles. The van der Waals surface area contributed by atoms with Crippen molar-refractivity contribution in [2.75, 3.05) is 19.0 Å². The summed E-state index contributed by atoms with van der Waals surface area (Å²) in [5.41, 5.74) is 3.75. The number of phenolic OH excluding ortho intramolecular Hbond substituents is 1. The van der Waals surface area contributed by atoms with Crippen LogP contribution in [0.25, 0.3) is 0 Å². The number of ether oxygens (including phenoxy) is 1. The number of hydrogen-bond acceptors (Lipinski definition) is 5. The average molecular weight is 453 g/mol. The van der Waals surface area contributed by atoms with E-state index in [1.54, 1.807) is 12.1 Å². The molecule has 2 N–H and O–H groups in total. The van der Waals surface area contributed by atoms with Crippen molar-refractivity contribution in [3.63, 3.8) is 0 Å². The van der Waals surface area contributed by atoms with Gasteiger partial charge in [-0.1, -0.05) is 64.5 Å². The Balaban J connectivity index is 1.91. The zero-order chi connectivity index (χ0) is 20.4. The minimum absolute atomic E-state index is 0.0635. The molecule has 0 radical (unpaired) electrons. The fraction of sp³-hybridized carbons (Fsp3) is 0.174. The minimum atomic E-state index is -0.408. The molecule has 2 atom stereocenters. The number of phenols is 1. The molecule has 0 amide bonds. The molecule has 0 saturated carbocycles. The monoisotopic (exact) mass is 452 g/mol. The maximum atomic E-state index is 12.3. The van der Waals surface area contributed by atoms with E-state index in [2.05, 4.69) is 27.3 Å². The van der Waals surface area contributed by atoms with E-state index in [1.807, 2.05) is 59.5 Å². The number of nitrogens with one attached hydrogen (secondary N) is 1. The lowest BCUT2D eigenvalue weighted by Gasteiger charge is -2.44. The first-order valence-electron chi connectivity index (χ1n) is 9.30. The Bertz CT molecular complexity index is 1030. The van der Waals surface area contributed by atoms with Gasteiger partial charge in [0.25, 0.3) is 0 Å². The largest absolute Gasteiger partial charge is 0.508 e. The van der Waals surface area contributed by atoms with Gasteiger partial charge in [-0.05, 0) is 35.4 Å². The molecule has 1 heterocycles. The van der Waals surface area contributed by atoms with Crippen molar-refractivity contribution in [3.8, 4) is 5.75 Å². The minimum Gasteiger partial charge on any atom is -0.508 e. The van der Waals surface area contributed by atoms with E-state index in [0.29, 0.717) is 5.56 Å². The highest BCUT2D eigenvalue weighted by Crippen LogP contribution is 2.45. The highest BCUT2D eigenvalue weighted by Gasteiger charge is 2.38. The number of nitrogens with zero attached hydrogens (tertiary/aromatic N) is 1. The number of carbonyl (C=O) groups is 1. The van der Waals surface area contributed by atoms with Crippen LogP contribution in [0, 0.1) is 0 Å². The Kier molecular flexibility index (Phi) is 5.56. The number of fused-ring (bicyclic) bond motifs is 1. The first kappa shape index (κ1) is 19.5. The van der Waals surface area contributed by atoms with E-state index >= 15 is 0 Å². The summed E-state index contributed by atoms with van der Waals surface area (Å²) in [6.07, 6.45) is -0.408. The van der Waals surface area contributed by atoms with Crippen LogP contribution in [0.1, 0.15) is 28.9 Å². The van der Waals surface area contributed by atoms with Crippen molar-refractivity contribution >= 4 is 27.6 Å². The summed E-state index contributed by atoms with van der Waals surface area (Å²) in [7, 11) is 1.39. The van der Waals surface area contributed by atoms with Crippen molar-refractivity contribution in [1.29, 1.82) is 0 Å². The van der Waals surface area contributed by atoms with Gasteiger partial charge in [0.15, 0.2) is 0 Å². The van der Waals surface area contributed by atoms with Crippen molar-refractivity contribution in [3.05, 3.63) is 94.0 Å². The highest BCUT2D eigenvalue weighted by molar-refractivity contribution is 9.10. The number of para-hydroxylation sites is 1. The molecule has 0 aromatic heterocycles. The van der Waals surface area contributed by atoms with Gasteiger partial charge in [0.1, 0.15) is 11.9 Å². The number of carbonyl (C=O) groups excluding carboxylic acids is 1. The molecule has 5 nitrogen and oxygen atoms in total. The number of esters is 1. The number of aromatic hydroxyl groups is 1. The van der Waals surface area contributed by atoms with Gasteiger partial charge < -0.3 is 15.2 Å². The number of anilines is 1. The second-order valence-electron chi connectivity index (χ2n) is 6.90. The van der Waals surface area contributed by atoms with Crippen molar-refractivity contribution in [2.24, 2.45) is 0 Å². The maximum absolute atomic E-state index is 12.3. The smallest absolute Gasteiger partial charge is 0.319 e. The number of hydrogen-bond donors (Lipinski definition) is 2. The van der Waals surface area contributed by atoms with Gasteiger partial charge in [0.05, 0.1) is 19.7 Å². The number of methoxy groups -OCH3 is 1. The highest BCUT2D eigenvalue weighted by atomic mass is 79.9. The molecular weight excluding hydrogens is 432 g/mol. The van der Waals surface area contributed by atoms with E-state index in [-0.39, 0.29) is 24.3 Å². The molecule has 0 saturated heterocycles. The standard InChI is InChI=1S/C23H21BrN2O3/c1-29-21(28)14-26-22(15-7-3-2-4-8-15)18-13-16(24)11-12-19(18)25-23(26)17-9-5-6-10-20(17)27/h2-13,22-23,25,27H,14H2,1H3/t22-,23-/m0/s1. The van der Waals surface area contributed by atoms with Gasteiger partial charge in [-0.15, -0.1) is 0 Å². The van der Waals surface area contributed by atoms with Gasteiger partial charge in [-0.2, -0.15) is 0 Å². The summed E-state index contributed by atoms with van der Waals surface area (Å²) in [5.74, 6) is -0.168. The van der Waals surface area contributed by atoms with Crippen molar-refractivity contribution in [2.45, 2.75) is 12.2 Å². The molecule has 0 aliphatic carbocycles. The van der Waals surface area contributed by atoms with Crippen LogP contribution < -0.4 is 5.32 Å². The van der Waals surface area contributed by atoms with E-state index in [9.17, 15) is 9.90 Å². The van der Waals surface area contributed by atoms with Gasteiger partial charge >= 0.3 is 5.97 Å². The summed E-state index contributed by atoms with van der Waals surface area (Å²) in [6, 6.07) is 23.1. The Morgan fingerprint density at radius 3 is 2.52 bits per heavy atom. The second-order valence-corrected chi connectivity index (χ2v) is 7.81. The molecule has 6 heteroatoms. The third kappa shape index (κ3) is 3.86. The van der Waals surface area contributed by atoms with Gasteiger partial charge in [-0.25, -0.2) is 0 Å². The molecule has 0 unspecified atom stereocenters. The van der Waals surface area contributed by atoms with Crippen molar-refractivity contribution in [1.82, 2.24) is 4.90 Å². The van der Waals surface area contributed by atoms with Crippen LogP contribution in [0.2, 0.25) is 0 Å². The Morgan fingerprint density at radius 2 is 1.79 bits per heavy atom. The fourth-order valence-corrected chi connectivity index (χ4v) is 4.21. The van der Waals surface area contributed by atoms with Crippen molar-refractivity contribution < 1.29 is 14.6 Å².